The molecule has 0 saturated carbocycles. The Morgan fingerprint density at radius 1 is 0.375 bits per heavy atom. The van der Waals surface area contributed by atoms with E-state index in [1.54, 1.807) is 0 Å². The van der Waals surface area contributed by atoms with Crippen molar-refractivity contribution in [3.05, 3.63) is 193 Å². The highest BCUT2D eigenvalue weighted by molar-refractivity contribution is 6.22. The highest BCUT2D eigenvalue weighted by atomic mass is 16.3. The molecule has 1 aromatic heterocycles. The van der Waals surface area contributed by atoms with Crippen molar-refractivity contribution in [2.75, 3.05) is 0 Å². The van der Waals surface area contributed by atoms with Crippen molar-refractivity contribution in [2.45, 2.75) is 19.3 Å². The summed E-state index contributed by atoms with van der Waals surface area (Å²) < 4.78 is 6.90. The van der Waals surface area contributed by atoms with Crippen molar-refractivity contribution < 1.29 is 4.42 Å². The van der Waals surface area contributed by atoms with Gasteiger partial charge in [0.05, 0.1) is 0 Å². The molecular formula is C55H36O. The van der Waals surface area contributed by atoms with Crippen LogP contribution in [0.25, 0.3) is 110 Å². The van der Waals surface area contributed by atoms with Crippen LogP contribution in [0.5, 0.6) is 0 Å². The van der Waals surface area contributed by atoms with E-state index in [1.165, 1.54) is 104 Å². The normalized spacial score (nSPS) is 13.3. The molecule has 1 heteroatoms. The van der Waals surface area contributed by atoms with E-state index in [0.29, 0.717) is 0 Å². The Hall–Kier alpha value is -6.96. The van der Waals surface area contributed by atoms with Crippen molar-refractivity contribution in [1.29, 1.82) is 0 Å². The average molecular weight is 713 g/mol. The van der Waals surface area contributed by atoms with Gasteiger partial charge < -0.3 is 4.42 Å². The molecule has 1 nitrogen and oxygen atoms in total. The van der Waals surface area contributed by atoms with E-state index in [9.17, 15) is 0 Å². The molecule has 56 heavy (non-hydrogen) atoms. The van der Waals surface area contributed by atoms with Crippen LogP contribution < -0.4 is 0 Å². The molecule has 11 aromatic rings. The second kappa shape index (κ2) is 11.5. The van der Waals surface area contributed by atoms with Crippen LogP contribution in [-0.4, -0.2) is 0 Å². The lowest BCUT2D eigenvalue weighted by molar-refractivity contribution is 0.658. The largest absolute Gasteiger partial charge is 0.455 e. The summed E-state index contributed by atoms with van der Waals surface area (Å²) in [7, 11) is 0. The third-order valence-corrected chi connectivity index (χ3v) is 12.6. The molecule has 0 atom stereocenters. The predicted octanol–water partition coefficient (Wildman–Crippen LogP) is 15.5. The highest BCUT2D eigenvalue weighted by Crippen LogP contribution is 2.57. The lowest BCUT2D eigenvalue weighted by Crippen LogP contribution is -2.15. The van der Waals surface area contributed by atoms with Crippen LogP contribution in [-0.2, 0) is 5.41 Å². The van der Waals surface area contributed by atoms with Crippen LogP contribution in [0.3, 0.4) is 0 Å². The van der Waals surface area contributed by atoms with Crippen molar-refractivity contribution in [3.63, 3.8) is 0 Å². The maximum atomic E-state index is 6.90. The number of benzene rings is 10. The fraction of sp³-hybridized carbons (Fsp3) is 0.0545. The third-order valence-electron chi connectivity index (χ3n) is 12.6. The first kappa shape index (κ1) is 31.4. The Kier molecular flexibility index (Phi) is 6.46. The molecule has 10 aromatic carbocycles. The Labute approximate surface area is 325 Å². The van der Waals surface area contributed by atoms with Gasteiger partial charge in [0.15, 0.2) is 0 Å². The lowest BCUT2D eigenvalue weighted by Gasteiger charge is -2.23. The molecule has 262 valence electrons. The molecule has 0 bridgehead atoms. The summed E-state index contributed by atoms with van der Waals surface area (Å²) in [5, 5.41) is 12.3. The van der Waals surface area contributed by atoms with Crippen molar-refractivity contribution >= 4 is 65.0 Å². The van der Waals surface area contributed by atoms with Gasteiger partial charge in [0.25, 0.3) is 0 Å². The number of hydrogen-bond donors (Lipinski definition) is 0. The molecule has 0 spiro atoms. The van der Waals surface area contributed by atoms with Gasteiger partial charge in [-0.15, -0.1) is 0 Å². The molecule has 0 amide bonds. The van der Waals surface area contributed by atoms with Crippen molar-refractivity contribution in [2.24, 2.45) is 0 Å². The van der Waals surface area contributed by atoms with Gasteiger partial charge in [0.2, 0.25) is 0 Å². The molecule has 1 heterocycles. The maximum absolute atomic E-state index is 6.90. The molecule has 0 saturated heterocycles. The standard InChI is InChI=1S/C55H36O/c1-55(2)47-23-13-12-22-44(47)51-46(32-48-52(53(51)55)45-29-28-33-14-6-7-17-39(33)54(45)56-48)37-26-24-36-31-38(27-25-35(36)30-37)50-42-20-10-8-18-40(42)49(34-15-4-3-5-16-34)41-19-9-11-21-43(41)50/h3-32H,1-2H3. The quantitative estimate of drug-likeness (QED) is 0.166. The van der Waals surface area contributed by atoms with Crippen LogP contribution in [0, 0.1) is 0 Å². The molecule has 0 radical (unpaired) electrons. The minimum absolute atomic E-state index is 0.198. The van der Waals surface area contributed by atoms with Gasteiger partial charge in [-0.3, -0.25) is 0 Å². The van der Waals surface area contributed by atoms with E-state index >= 15 is 0 Å². The van der Waals surface area contributed by atoms with E-state index < -0.39 is 0 Å². The topological polar surface area (TPSA) is 13.1 Å². The van der Waals surface area contributed by atoms with Gasteiger partial charge in [0.1, 0.15) is 11.2 Å². The van der Waals surface area contributed by atoms with Gasteiger partial charge in [-0.25, -0.2) is 0 Å². The van der Waals surface area contributed by atoms with Crippen LogP contribution >= 0.6 is 0 Å². The second-order valence-electron chi connectivity index (χ2n) is 16.0. The molecule has 0 fully saturated rings. The fourth-order valence-electron chi connectivity index (χ4n) is 10.1. The zero-order valence-corrected chi connectivity index (χ0v) is 31.2. The number of rotatable bonds is 3. The summed E-state index contributed by atoms with van der Waals surface area (Å²) in [5.74, 6) is 0. The molecule has 0 N–H and O–H groups in total. The minimum Gasteiger partial charge on any atom is -0.455 e. The molecule has 0 aliphatic heterocycles. The lowest BCUT2D eigenvalue weighted by atomic mass is 9.79. The van der Waals surface area contributed by atoms with Gasteiger partial charge in [-0.1, -0.05) is 172 Å². The average Bonchev–Trinajstić information content (AvgIpc) is 3.74. The van der Waals surface area contributed by atoms with E-state index in [2.05, 4.69) is 196 Å². The van der Waals surface area contributed by atoms with E-state index in [4.69, 9.17) is 4.42 Å². The molecule has 0 unspecified atom stereocenters. The zero-order valence-electron chi connectivity index (χ0n) is 31.2. The molecule has 1 aliphatic rings. The summed E-state index contributed by atoms with van der Waals surface area (Å²) in [4.78, 5) is 0. The third kappa shape index (κ3) is 4.31. The zero-order chi connectivity index (χ0) is 37.1. The number of fused-ring (bicyclic) bond motifs is 12. The smallest absolute Gasteiger partial charge is 0.143 e. The molecular weight excluding hydrogens is 677 g/mol. The Balaban J connectivity index is 1.08. The fourth-order valence-corrected chi connectivity index (χ4v) is 10.1. The van der Waals surface area contributed by atoms with Crippen LogP contribution in [0.4, 0.5) is 0 Å². The second-order valence-corrected chi connectivity index (χ2v) is 16.0. The summed E-state index contributed by atoms with van der Waals surface area (Å²) >= 11 is 0. The van der Waals surface area contributed by atoms with E-state index in [0.717, 1.165) is 16.6 Å². The van der Waals surface area contributed by atoms with Gasteiger partial charge in [0, 0.05) is 21.6 Å². The maximum Gasteiger partial charge on any atom is 0.143 e. The first-order chi connectivity index (χ1) is 27.5. The Morgan fingerprint density at radius 3 is 1.64 bits per heavy atom. The molecule has 12 rings (SSSR count). The van der Waals surface area contributed by atoms with E-state index in [1.807, 2.05) is 0 Å². The van der Waals surface area contributed by atoms with Crippen LogP contribution in [0.1, 0.15) is 25.0 Å². The summed E-state index contributed by atoms with van der Waals surface area (Å²) in [5.41, 5.74) is 14.5. The predicted molar refractivity (Wildman–Crippen MR) is 238 cm³/mol. The Morgan fingerprint density at radius 2 is 0.929 bits per heavy atom. The summed E-state index contributed by atoms with van der Waals surface area (Å²) in [6, 6.07) is 67.0. The summed E-state index contributed by atoms with van der Waals surface area (Å²) in [6.07, 6.45) is 0. The van der Waals surface area contributed by atoms with Crippen molar-refractivity contribution in [1.82, 2.24) is 0 Å². The van der Waals surface area contributed by atoms with Crippen LogP contribution in [0.15, 0.2) is 186 Å². The van der Waals surface area contributed by atoms with Gasteiger partial charge in [-0.2, -0.15) is 0 Å². The SMILES string of the molecule is CC1(C)c2ccccc2-c2c(-c3ccc4cc(-c5c6ccccc6c(-c6ccccc6)c6ccccc56)ccc4c3)cc3oc4c5ccccc5ccc4c3c21. The van der Waals surface area contributed by atoms with Crippen molar-refractivity contribution in [3.8, 4) is 44.5 Å². The minimum atomic E-state index is -0.198. The van der Waals surface area contributed by atoms with E-state index in [-0.39, 0.29) is 5.41 Å². The monoisotopic (exact) mass is 712 g/mol. The summed E-state index contributed by atoms with van der Waals surface area (Å²) in [6.45, 7) is 4.75. The van der Waals surface area contributed by atoms with Gasteiger partial charge in [-0.05, 0) is 118 Å². The first-order valence-electron chi connectivity index (χ1n) is 19.6. The van der Waals surface area contributed by atoms with Crippen LogP contribution in [0.2, 0.25) is 0 Å². The Bertz CT molecular complexity index is 3380. The number of furan rings is 1. The van der Waals surface area contributed by atoms with Gasteiger partial charge >= 0.3 is 0 Å². The number of hydrogen-bond acceptors (Lipinski definition) is 1. The highest BCUT2D eigenvalue weighted by Gasteiger charge is 2.40. The first-order valence-corrected chi connectivity index (χ1v) is 19.6. The molecule has 1 aliphatic carbocycles.